The van der Waals surface area contributed by atoms with Crippen molar-refractivity contribution in [1.82, 2.24) is 5.32 Å². The van der Waals surface area contributed by atoms with Crippen LogP contribution in [0.1, 0.15) is 30.2 Å². The van der Waals surface area contributed by atoms with Crippen LogP contribution in [0.2, 0.25) is 0 Å². The molecule has 82 valence electrons. The van der Waals surface area contributed by atoms with E-state index >= 15 is 0 Å². The van der Waals surface area contributed by atoms with E-state index in [9.17, 15) is 0 Å². The topological polar surface area (TPSA) is 34.4 Å². The molecule has 1 N–H and O–H groups in total. The number of hydrogen-bond acceptors (Lipinski definition) is 3. The molecule has 0 spiro atoms. The minimum Gasteiger partial charge on any atom is -0.501 e. The summed E-state index contributed by atoms with van der Waals surface area (Å²) >= 11 is 0. The zero-order valence-corrected chi connectivity index (χ0v) is 9.25. The molecule has 0 aliphatic carbocycles. The Balaban J connectivity index is 2.24. The SMILES string of the molecule is CNC(C1=COCCC1)c1occc1C. The maximum atomic E-state index is 5.51. The Hall–Kier alpha value is -1.22. The summed E-state index contributed by atoms with van der Waals surface area (Å²) < 4.78 is 10.9. The fourth-order valence-corrected chi connectivity index (χ4v) is 1.96. The Morgan fingerprint density at radius 3 is 2.87 bits per heavy atom. The smallest absolute Gasteiger partial charge is 0.127 e. The van der Waals surface area contributed by atoms with Crippen molar-refractivity contribution in [2.75, 3.05) is 13.7 Å². The van der Waals surface area contributed by atoms with E-state index in [2.05, 4.69) is 12.2 Å². The van der Waals surface area contributed by atoms with E-state index in [1.807, 2.05) is 19.4 Å². The molecule has 1 unspecified atom stereocenters. The maximum Gasteiger partial charge on any atom is 0.127 e. The normalized spacial score (nSPS) is 18.1. The second kappa shape index (κ2) is 4.53. The molecule has 0 bridgehead atoms. The minimum absolute atomic E-state index is 0.153. The third-order valence-electron chi connectivity index (χ3n) is 2.79. The number of ether oxygens (including phenoxy) is 1. The van der Waals surface area contributed by atoms with Gasteiger partial charge in [-0.15, -0.1) is 0 Å². The Kier molecular flexibility index (Phi) is 3.11. The second-order valence-electron chi connectivity index (χ2n) is 3.86. The van der Waals surface area contributed by atoms with Crippen LogP contribution in [0.3, 0.4) is 0 Å². The van der Waals surface area contributed by atoms with Gasteiger partial charge in [-0.05, 0) is 44.0 Å². The number of nitrogens with one attached hydrogen (secondary N) is 1. The molecule has 3 nitrogen and oxygen atoms in total. The van der Waals surface area contributed by atoms with Gasteiger partial charge in [-0.1, -0.05) is 0 Å². The summed E-state index contributed by atoms with van der Waals surface area (Å²) in [6.45, 7) is 2.89. The summed E-state index contributed by atoms with van der Waals surface area (Å²) in [5, 5.41) is 3.27. The van der Waals surface area contributed by atoms with Crippen molar-refractivity contribution >= 4 is 0 Å². The molecule has 0 radical (unpaired) electrons. The summed E-state index contributed by atoms with van der Waals surface area (Å²) in [6, 6.07) is 2.14. The monoisotopic (exact) mass is 207 g/mol. The summed E-state index contributed by atoms with van der Waals surface area (Å²) in [7, 11) is 1.95. The van der Waals surface area contributed by atoms with E-state index in [1.54, 1.807) is 6.26 Å². The molecule has 3 heteroatoms. The average molecular weight is 207 g/mol. The molecule has 0 saturated heterocycles. The summed E-state index contributed by atoms with van der Waals surface area (Å²) in [4.78, 5) is 0. The van der Waals surface area contributed by atoms with E-state index in [4.69, 9.17) is 9.15 Å². The number of furan rings is 1. The number of rotatable bonds is 3. The molecule has 0 aromatic carbocycles. The average Bonchev–Trinajstić information content (AvgIpc) is 2.68. The van der Waals surface area contributed by atoms with Crippen molar-refractivity contribution in [3.63, 3.8) is 0 Å². The van der Waals surface area contributed by atoms with Crippen molar-refractivity contribution in [3.05, 3.63) is 35.5 Å². The predicted molar refractivity (Wildman–Crippen MR) is 58.5 cm³/mol. The Labute approximate surface area is 90.1 Å². The molecule has 0 saturated carbocycles. The largest absolute Gasteiger partial charge is 0.501 e. The lowest BCUT2D eigenvalue weighted by atomic mass is 9.98. The van der Waals surface area contributed by atoms with Gasteiger partial charge in [0, 0.05) is 0 Å². The van der Waals surface area contributed by atoms with Gasteiger partial charge in [-0.25, -0.2) is 0 Å². The fourth-order valence-electron chi connectivity index (χ4n) is 1.96. The van der Waals surface area contributed by atoms with Crippen LogP contribution in [0.4, 0.5) is 0 Å². The third kappa shape index (κ3) is 2.07. The van der Waals surface area contributed by atoms with E-state index in [0.29, 0.717) is 0 Å². The van der Waals surface area contributed by atoms with Gasteiger partial charge in [0.25, 0.3) is 0 Å². The van der Waals surface area contributed by atoms with Crippen molar-refractivity contribution in [2.24, 2.45) is 0 Å². The Bertz CT molecular complexity index is 354. The van der Waals surface area contributed by atoms with E-state index < -0.39 is 0 Å². The predicted octanol–water partition coefficient (Wildman–Crippen LogP) is 2.54. The quantitative estimate of drug-likeness (QED) is 0.827. The molecule has 1 aliphatic heterocycles. The summed E-state index contributed by atoms with van der Waals surface area (Å²) in [5.74, 6) is 0.995. The number of hydrogen-bond donors (Lipinski definition) is 1. The van der Waals surface area contributed by atoms with Gasteiger partial charge in [-0.2, -0.15) is 0 Å². The molecule has 1 aromatic heterocycles. The van der Waals surface area contributed by atoms with Gasteiger partial charge in [0.15, 0.2) is 0 Å². The van der Waals surface area contributed by atoms with Gasteiger partial charge >= 0.3 is 0 Å². The molecular formula is C12H17NO2. The highest BCUT2D eigenvalue weighted by atomic mass is 16.5. The van der Waals surface area contributed by atoms with Crippen LogP contribution in [0.5, 0.6) is 0 Å². The Morgan fingerprint density at radius 1 is 1.47 bits per heavy atom. The van der Waals surface area contributed by atoms with Crippen LogP contribution in [0.15, 0.2) is 28.6 Å². The van der Waals surface area contributed by atoms with Gasteiger partial charge < -0.3 is 14.5 Å². The standard InChI is InChI=1S/C12H17NO2/c1-9-5-7-15-12(9)11(13-2)10-4-3-6-14-8-10/h5,7-8,11,13H,3-4,6H2,1-2H3. The lowest BCUT2D eigenvalue weighted by Crippen LogP contribution is -2.21. The molecule has 2 heterocycles. The van der Waals surface area contributed by atoms with Crippen molar-refractivity contribution in [1.29, 1.82) is 0 Å². The zero-order chi connectivity index (χ0) is 10.7. The zero-order valence-electron chi connectivity index (χ0n) is 9.25. The van der Waals surface area contributed by atoms with Crippen LogP contribution < -0.4 is 5.32 Å². The van der Waals surface area contributed by atoms with Crippen LogP contribution in [0.25, 0.3) is 0 Å². The summed E-state index contributed by atoms with van der Waals surface area (Å²) in [6.07, 6.45) is 5.77. The van der Waals surface area contributed by atoms with Gasteiger partial charge in [0.2, 0.25) is 0 Å². The molecule has 1 aromatic rings. The molecule has 1 atom stereocenters. The second-order valence-corrected chi connectivity index (χ2v) is 3.86. The van der Waals surface area contributed by atoms with Crippen LogP contribution >= 0.6 is 0 Å². The Morgan fingerprint density at radius 2 is 2.33 bits per heavy atom. The third-order valence-corrected chi connectivity index (χ3v) is 2.79. The first-order chi connectivity index (χ1) is 7.33. The molecule has 0 fully saturated rings. The highest BCUT2D eigenvalue weighted by Gasteiger charge is 2.21. The highest BCUT2D eigenvalue weighted by molar-refractivity contribution is 5.26. The fraction of sp³-hybridized carbons (Fsp3) is 0.500. The molecule has 2 rings (SSSR count). The van der Waals surface area contributed by atoms with Crippen LogP contribution in [-0.2, 0) is 4.74 Å². The minimum atomic E-state index is 0.153. The first-order valence-corrected chi connectivity index (χ1v) is 5.34. The maximum absolute atomic E-state index is 5.51. The van der Waals surface area contributed by atoms with Crippen molar-refractivity contribution < 1.29 is 9.15 Å². The van der Waals surface area contributed by atoms with Gasteiger partial charge in [0.05, 0.1) is 25.2 Å². The number of aryl methyl sites for hydroxylation is 1. The summed E-state index contributed by atoms with van der Waals surface area (Å²) in [5.41, 5.74) is 2.45. The lowest BCUT2D eigenvalue weighted by Gasteiger charge is -2.21. The van der Waals surface area contributed by atoms with Crippen molar-refractivity contribution in [2.45, 2.75) is 25.8 Å². The van der Waals surface area contributed by atoms with Crippen LogP contribution in [0, 0.1) is 6.92 Å². The first kappa shape index (κ1) is 10.3. The van der Waals surface area contributed by atoms with Crippen LogP contribution in [-0.4, -0.2) is 13.7 Å². The molecular weight excluding hydrogens is 190 g/mol. The highest BCUT2D eigenvalue weighted by Crippen LogP contribution is 2.29. The molecule has 15 heavy (non-hydrogen) atoms. The van der Waals surface area contributed by atoms with E-state index in [0.717, 1.165) is 25.2 Å². The van der Waals surface area contributed by atoms with Crippen molar-refractivity contribution in [3.8, 4) is 0 Å². The van der Waals surface area contributed by atoms with Gasteiger partial charge in [0.1, 0.15) is 5.76 Å². The number of likely N-dealkylation sites (N-methyl/N-ethyl adjacent to an activating group) is 1. The van der Waals surface area contributed by atoms with E-state index in [-0.39, 0.29) is 6.04 Å². The first-order valence-electron chi connectivity index (χ1n) is 5.34. The molecule has 0 amide bonds. The lowest BCUT2D eigenvalue weighted by molar-refractivity contribution is 0.218. The molecule has 1 aliphatic rings. The van der Waals surface area contributed by atoms with Gasteiger partial charge in [-0.3, -0.25) is 0 Å². The van der Waals surface area contributed by atoms with E-state index in [1.165, 1.54) is 11.1 Å².